The van der Waals surface area contributed by atoms with Gasteiger partial charge in [0.25, 0.3) is 0 Å². The smallest absolute Gasteiger partial charge is 0.231 e. The third-order valence-corrected chi connectivity index (χ3v) is 5.29. The Morgan fingerprint density at radius 1 is 0.903 bits per heavy atom. The zero-order valence-corrected chi connectivity index (χ0v) is 16.7. The van der Waals surface area contributed by atoms with Crippen LogP contribution >= 0.6 is 0 Å². The number of benzene rings is 4. The number of para-hydroxylation sites is 1. The van der Waals surface area contributed by atoms with E-state index in [2.05, 4.69) is 30.3 Å². The van der Waals surface area contributed by atoms with Gasteiger partial charge < -0.3 is 14.2 Å². The van der Waals surface area contributed by atoms with Crippen LogP contribution in [0.5, 0.6) is 17.2 Å². The standard InChI is InChI=1S/C27H19NO3/c28-16-23(20-12-13-26-27(15-20)31-18-30-26)14-21-7-2-4-11-25(21)29-17-22-9-5-8-19-6-1-3-10-24(19)22/h1-15H,17-18H2/b23-14-. The fourth-order valence-electron chi connectivity index (χ4n) is 3.70. The van der Waals surface area contributed by atoms with Gasteiger partial charge in [0.05, 0.1) is 11.6 Å². The lowest BCUT2D eigenvalue weighted by Gasteiger charge is -2.12. The Morgan fingerprint density at radius 3 is 2.65 bits per heavy atom. The maximum Gasteiger partial charge on any atom is 0.231 e. The molecule has 0 saturated heterocycles. The normalized spacial score (nSPS) is 12.5. The molecule has 0 bridgehead atoms. The summed E-state index contributed by atoms with van der Waals surface area (Å²) in [5.41, 5.74) is 3.26. The van der Waals surface area contributed by atoms with Crippen LogP contribution in [0, 0.1) is 11.3 Å². The number of nitriles is 1. The maximum absolute atomic E-state index is 9.78. The Bertz CT molecular complexity index is 1330. The van der Waals surface area contributed by atoms with Gasteiger partial charge >= 0.3 is 0 Å². The van der Waals surface area contributed by atoms with E-state index in [9.17, 15) is 5.26 Å². The largest absolute Gasteiger partial charge is 0.488 e. The van der Waals surface area contributed by atoms with Crippen molar-refractivity contribution >= 4 is 22.4 Å². The van der Waals surface area contributed by atoms with E-state index < -0.39 is 0 Å². The number of rotatable bonds is 5. The van der Waals surface area contributed by atoms with Crippen LogP contribution in [0.3, 0.4) is 0 Å². The minimum absolute atomic E-state index is 0.204. The first-order valence-electron chi connectivity index (χ1n) is 10.0. The van der Waals surface area contributed by atoms with Gasteiger partial charge in [0, 0.05) is 5.56 Å². The number of hydrogen-bond acceptors (Lipinski definition) is 4. The highest BCUT2D eigenvalue weighted by Gasteiger charge is 2.15. The van der Waals surface area contributed by atoms with Gasteiger partial charge in [-0.15, -0.1) is 0 Å². The maximum atomic E-state index is 9.78. The number of hydrogen-bond donors (Lipinski definition) is 0. The summed E-state index contributed by atoms with van der Waals surface area (Å²) in [6.07, 6.45) is 1.84. The van der Waals surface area contributed by atoms with E-state index in [0.717, 1.165) is 22.4 Å². The van der Waals surface area contributed by atoms with Crippen molar-refractivity contribution in [3.8, 4) is 23.3 Å². The summed E-state index contributed by atoms with van der Waals surface area (Å²) in [4.78, 5) is 0. The van der Waals surface area contributed by atoms with Crippen LogP contribution in [0.15, 0.2) is 84.9 Å². The van der Waals surface area contributed by atoms with E-state index >= 15 is 0 Å². The summed E-state index contributed by atoms with van der Waals surface area (Å²) < 4.78 is 17.0. The highest BCUT2D eigenvalue weighted by atomic mass is 16.7. The van der Waals surface area contributed by atoms with Crippen LogP contribution in [0.2, 0.25) is 0 Å². The first kappa shape index (κ1) is 18.8. The summed E-state index contributed by atoms with van der Waals surface area (Å²) in [5.74, 6) is 2.07. The van der Waals surface area contributed by atoms with Crippen molar-refractivity contribution in [1.29, 1.82) is 5.26 Å². The molecule has 4 aromatic rings. The van der Waals surface area contributed by atoms with Gasteiger partial charge in [-0.2, -0.15) is 5.26 Å². The molecule has 0 saturated carbocycles. The number of nitrogens with zero attached hydrogens (tertiary/aromatic N) is 1. The van der Waals surface area contributed by atoms with Gasteiger partial charge in [-0.1, -0.05) is 60.7 Å². The van der Waals surface area contributed by atoms with Crippen LogP contribution in [-0.4, -0.2) is 6.79 Å². The quantitative estimate of drug-likeness (QED) is 0.292. The lowest BCUT2D eigenvalue weighted by atomic mass is 10.0. The molecule has 4 aromatic carbocycles. The third-order valence-electron chi connectivity index (χ3n) is 5.29. The Hall–Kier alpha value is -4.23. The average Bonchev–Trinajstić information content (AvgIpc) is 3.30. The number of fused-ring (bicyclic) bond motifs is 2. The van der Waals surface area contributed by atoms with Crippen molar-refractivity contribution in [3.05, 3.63) is 102 Å². The van der Waals surface area contributed by atoms with E-state index in [-0.39, 0.29) is 6.79 Å². The molecular weight excluding hydrogens is 386 g/mol. The molecule has 0 atom stereocenters. The molecule has 0 unspecified atom stereocenters. The Morgan fingerprint density at radius 2 is 1.71 bits per heavy atom. The molecule has 0 radical (unpaired) electrons. The Balaban J connectivity index is 1.44. The number of ether oxygens (including phenoxy) is 3. The molecule has 0 N–H and O–H groups in total. The highest BCUT2D eigenvalue weighted by molar-refractivity contribution is 5.91. The topological polar surface area (TPSA) is 51.5 Å². The van der Waals surface area contributed by atoms with Crippen LogP contribution in [-0.2, 0) is 6.61 Å². The second kappa shape index (κ2) is 8.25. The third kappa shape index (κ3) is 3.82. The van der Waals surface area contributed by atoms with Gasteiger partial charge in [-0.25, -0.2) is 0 Å². The van der Waals surface area contributed by atoms with E-state index in [1.165, 1.54) is 10.8 Å². The molecule has 1 aliphatic rings. The minimum atomic E-state index is 0.204. The molecule has 5 rings (SSSR count). The second-order valence-electron chi connectivity index (χ2n) is 7.20. The van der Waals surface area contributed by atoms with E-state index in [0.29, 0.717) is 23.7 Å². The van der Waals surface area contributed by atoms with Crippen molar-refractivity contribution in [2.24, 2.45) is 0 Å². The Kier molecular flexibility index (Phi) is 5.00. The van der Waals surface area contributed by atoms with Crippen molar-refractivity contribution in [3.63, 3.8) is 0 Å². The van der Waals surface area contributed by atoms with Crippen molar-refractivity contribution in [2.75, 3.05) is 6.79 Å². The summed E-state index contributed by atoms with van der Waals surface area (Å²) in [6.45, 7) is 0.646. The fraction of sp³-hybridized carbons (Fsp3) is 0.0741. The summed E-state index contributed by atoms with van der Waals surface area (Å²) in [5, 5.41) is 12.1. The molecule has 0 amide bonds. The lowest BCUT2D eigenvalue weighted by molar-refractivity contribution is 0.174. The fourth-order valence-corrected chi connectivity index (χ4v) is 3.70. The molecule has 0 aromatic heterocycles. The minimum Gasteiger partial charge on any atom is -0.488 e. The average molecular weight is 405 g/mol. The van der Waals surface area contributed by atoms with Crippen LogP contribution in [0.1, 0.15) is 16.7 Å². The predicted octanol–water partition coefficient (Wildman–Crippen LogP) is 6.21. The van der Waals surface area contributed by atoms with Crippen molar-refractivity contribution in [1.82, 2.24) is 0 Å². The molecule has 0 spiro atoms. The summed E-state index contributed by atoms with van der Waals surface area (Å²) in [7, 11) is 0. The molecule has 150 valence electrons. The molecule has 4 nitrogen and oxygen atoms in total. The monoisotopic (exact) mass is 405 g/mol. The molecular formula is C27H19NO3. The van der Waals surface area contributed by atoms with Gasteiger partial charge in [0.2, 0.25) is 6.79 Å². The molecule has 4 heteroatoms. The zero-order valence-electron chi connectivity index (χ0n) is 16.7. The molecule has 1 aliphatic heterocycles. The molecule has 0 fully saturated rings. The van der Waals surface area contributed by atoms with Crippen LogP contribution in [0.25, 0.3) is 22.4 Å². The lowest BCUT2D eigenvalue weighted by Crippen LogP contribution is -1.98. The second-order valence-corrected chi connectivity index (χ2v) is 7.20. The SMILES string of the molecule is N#C/C(=C/c1ccccc1OCc1cccc2ccccc12)c1ccc2c(c1)OCO2. The Labute approximate surface area is 180 Å². The van der Waals surface area contributed by atoms with Crippen molar-refractivity contribution < 1.29 is 14.2 Å². The predicted molar refractivity (Wildman–Crippen MR) is 121 cm³/mol. The first-order valence-corrected chi connectivity index (χ1v) is 10.0. The van der Waals surface area contributed by atoms with Gasteiger partial charge in [-0.3, -0.25) is 0 Å². The number of allylic oxidation sites excluding steroid dienone is 1. The van der Waals surface area contributed by atoms with E-state index in [1.54, 1.807) is 0 Å². The van der Waals surface area contributed by atoms with Crippen LogP contribution in [0.4, 0.5) is 0 Å². The van der Waals surface area contributed by atoms with Gasteiger partial charge in [0.1, 0.15) is 12.4 Å². The highest BCUT2D eigenvalue weighted by Crippen LogP contribution is 2.35. The van der Waals surface area contributed by atoms with Gasteiger partial charge in [-0.05, 0) is 52.2 Å². The molecule has 1 heterocycles. The van der Waals surface area contributed by atoms with Crippen molar-refractivity contribution in [2.45, 2.75) is 6.61 Å². The molecule has 31 heavy (non-hydrogen) atoms. The zero-order chi connectivity index (χ0) is 21.0. The van der Waals surface area contributed by atoms with E-state index in [1.807, 2.05) is 66.7 Å². The van der Waals surface area contributed by atoms with Crippen LogP contribution < -0.4 is 14.2 Å². The van der Waals surface area contributed by atoms with Gasteiger partial charge in [0.15, 0.2) is 11.5 Å². The van der Waals surface area contributed by atoms with E-state index in [4.69, 9.17) is 14.2 Å². The molecule has 0 aliphatic carbocycles. The summed E-state index contributed by atoms with van der Waals surface area (Å²) in [6, 6.07) is 30.0. The first-order chi connectivity index (χ1) is 15.3. The summed E-state index contributed by atoms with van der Waals surface area (Å²) >= 11 is 0.